The molecule has 26 heavy (non-hydrogen) atoms. The van der Waals surface area contributed by atoms with Crippen LogP contribution >= 0.6 is 0 Å². The molecule has 0 aliphatic rings. The van der Waals surface area contributed by atoms with Crippen LogP contribution in [-0.2, 0) is 0 Å². The molecule has 1 aromatic carbocycles. The standard InChI is InChI=1S/C12H6F12O2/c13-3-5(15)8(26-2-12(23,24)10(19)20)6(16)4(14)7(3)25-1-11(21,22)9(17)18/h9-10H,1-2H2. The second-order valence-electron chi connectivity index (χ2n) is 4.61. The molecule has 1 rings (SSSR count). The van der Waals surface area contributed by atoms with Crippen LogP contribution in [0.25, 0.3) is 0 Å². The van der Waals surface area contributed by atoms with E-state index in [1.807, 2.05) is 0 Å². The van der Waals surface area contributed by atoms with Crippen LogP contribution in [0.15, 0.2) is 0 Å². The van der Waals surface area contributed by atoms with Gasteiger partial charge in [-0.1, -0.05) is 0 Å². The van der Waals surface area contributed by atoms with E-state index in [-0.39, 0.29) is 0 Å². The Morgan fingerprint density at radius 2 is 0.808 bits per heavy atom. The molecule has 0 unspecified atom stereocenters. The minimum absolute atomic E-state index is 2.20. The molecule has 0 amide bonds. The molecule has 1 aromatic rings. The highest BCUT2D eigenvalue weighted by molar-refractivity contribution is 5.38. The van der Waals surface area contributed by atoms with Gasteiger partial charge in [0.25, 0.3) is 0 Å². The molecule has 0 atom stereocenters. The Balaban J connectivity index is 3.14. The van der Waals surface area contributed by atoms with E-state index in [1.54, 1.807) is 0 Å². The van der Waals surface area contributed by atoms with Gasteiger partial charge in [0.15, 0.2) is 24.7 Å². The van der Waals surface area contributed by atoms with E-state index in [0.29, 0.717) is 0 Å². The summed E-state index contributed by atoms with van der Waals surface area (Å²) >= 11 is 0. The van der Waals surface area contributed by atoms with Crippen molar-refractivity contribution in [3.63, 3.8) is 0 Å². The number of hydrogen-bond donors (Lipinski definition) is 0. The second-order valence-corrected chi connectivity index (χ2v) is 4.61. The van der Waals surface area contributed by atoms with Gasteiger partial charge in [-0.25, -0.2) is 17.6 Å². The van der Waals surface area contributed by atoms with Gasteiger partial charge >= 0.3 is 24.7 Å². The molecule has 0 bridgehead atoms. The largest absolute Gasteiger partial charge is 0.481 e. The van der Waals surface area contributed by atoms with Gasteiger partial charge in [0.05, 0.1) is 0 Å². The molecule has 0 radical (unpaired) electrons. The van der Waals surface area contributed by atoms with E-state index in [1.165, 1.54) is 0 Å². The highest BCUT2D eigenvalue weighted by Crippen LogP contribution is 2.36. The normalized spacial score (nSPS) is 12.8. The predicted octanol–water partition coefficient (Wildman–Crippen LogP) is 4.80. The predicted molar refractivity (Wildman–Crippen MR) is 59.2 cm³/mol. The monoisotopic (exact) mass is 410 g/mol. The Morgan fingerprint density at radius 1 is 0.577 bits per heavy atom. The molecule has 0 N–H and O–H groups in total. The van der Waals surface area contributed by atoms with Crippen molar-refractivity contribution < 1.29 is 62.2 Å². The number of rotatable bonds is 8. The fourth-order valence-corrected chi connectivity index (χ4v) is 1.31. The maximum Gasteiger partial charge on any atom is 0.340 e. The third-order valence-electron chi connectivity index (χ3n) is 2.64. The molecular weight excluding hydrogens is 404 g/mol. The molecule has 0 saturated carbocycles. The van der Waals surface area contributed by atoms with Crippen LogP contribution in [-0.4, -0.2) is 37.9 Å². The summed E-state index contributed by atoms with van der Waals surface area (Å²) in [6.45, 7) is -4.78. The van der Waals surface area contributed by atoms with Crippen molar-refractivity contribution in [2.45, 2.75) is 24.7 Å². The maximum atomic E-state index is 13.5. The zero-order chi connectivity index (χ0) is 20.4. The number of ether oxygens (including phenoxy) is 2. The van der Waals surface area contributed by atoms with E-state index < -0.39 is 72.7 Å². The van der Waals surface area contributed by atoms with Gasteiger partial charge < -0.3 is 9.47 Å². The minimum atomic E-state index is -4.94. The highest BCUT2D eigenvalue weighted by Gasteiger charge is 2.44. The molecule has 2 nitrogen and oxygen atoms in total. The van der Waals surface area contributed by atoms with Crippen LogP contribution < -0.4 is 9.47 Å². The van der Waals surface area contributed by atoms with Gasteiger partial charge in [-0.3, -0.25) is 0 Å². The van der Waals surface area contributed by atoms with Crippen molar-refractivity contribution in [2.24, 2.45) is 0 Å². The first-order valence-electron chi connectivity index (χ1n) is 6.15. The zero-order valence-corrected chi connectivity index (χ0v) is 11.9. The summed E-state index contributed by atoms with van der Waals surface area (Å²) in [5, 5.41) is 0. The van der Waals surface area contributed by atoms with E-state index in [0.717, 1.165) is 0 Å². The Kier molecular flexibility index (Phi) is 6.52. The van der Waals surface area contributed by atoms with E-state index in [9.17, 15) is 52.7 Å². The average Bonchev–Trinajstić information content (AvgIpc) is 2.52. The molecule has 0 saturated heterocycles. The second kappa shape index (κ2) is 7.70. The van der Waals surface area contributed by atoms with Gasteiger partial charge in [-0.05, 0) is 0 Å². The zero-order valence-electron chi connectivity index (χ0n) is 11.9. The van der Waals surface area contributed by atoms with Crippen molar-refractivity contribution in [3.05, 3.63) is 23.3 Å². The topological polar surface area (TPSA) is 18.5 Å². The van der Waals surface area contributed by atoms with Gasteiger partial charge in [0.1, 0.15) is 0 Å². The summed E-state index contributed by atoms with van der Waals surface area (Å²) in [6, 6.07) is 0. The summed E-state index contributed by atoms with van der Waals surface area (Å²) < 4.78 is 159. The first-order chi connectivity index (χ1) is 11.7. The fraction of sp³-hybridized carbons (Fsp3) is 0.500. The lowest BCUT2D eigenvalue weighted by Crippen LogP contribution is -2.34. The molecule has 0 heterocycles. The number of hydrogen-bond acceptors (Lipinski definition) is 2. The molecule has 150 valence electrons. The molecular formula is C12H6F12O2. The van der Waals surface area contributed by atoms with Gasteiger partial charge in [0, 0.05) is 0 Å². The fourth-order valence-electron chi connectivity index (χ4n) is 1.31. The number of alkyl halides is 8. The lowest BCUT2D eigenvalue weighted by Gasteiger charge is -2.19. The number of halogens is 12. The van der Waals surface area contributed by atoms with Gasteiger partial charge in [-0.2, -0.15) is 35.1 Å². The van der Waals surface area contributed by atoms with Crippen LogP contribution in [0, 0.1) is 23.3 Å². The molecule has 0 aromatic heterocycles. The Morgan fingerprint density at radius 3 is 1.00 bits per heavy atom. The smallest absolute Gasteiger partial charge is 0.340 e. The first-order valence-corrected chi connectivity index (χ1v) is 6.15. The highest BCUT2D eigenvalue weighted by atomic mass is 19.3. The minimum Gasteiger partial charge on any atom is -0.481 e. The van der Waals surface area contributed by atoms with E-state index in [2.05, 4.69) is 9.47 Å². The van der Waals surface area contributed by atoms with Crippen molar-refractivity contribution in [1.29, 1.82) is 0 Å². The van der Waals surface area contributed by atoms with Crippen LogP contribution in [0.3, 0.4) is 0 Å². The van der Waals surface area contributed by atoms with Gasteiger partial charge in [-0.15, -0.1) is 0 Å². The quantitative estimate of drug-likeness (QED) is 0.453. The molecule has 0 aliphatic heterocycles. The summed E-state index contributed by atoms with van der Waals surface area (Å²) in [5.41, 5.74) is 0. The van der Waals surface area contributed by atoms with E-state index >= 15 is 0 Å². The average molecular weight is 410 g/mol. The van der Waals surface area contributed by atoms with Crippen molar-refractivity contribution >= 4 is 0 Å². The van der Waals surface area contributed by atoms with Crippen LogP contribution in [0.1, 0.15) is 0 Å². The lowest BCUT2D eigenvalue weighted by molar-refractivity contribution is -0.149. The molecule has 14 heteroatoms. The Bertz CT molecular complexity index is 562. The molecule has 0 aliphatic carbocycles. The first kappa shape index (κ1) is 22.0. The summed E-state index contributed by atoms with van der Waals surface area (Å²) in [6.07, 6.45) is -8.69. The third kappa shape index (κ3) is 4.58. The van der Waals surface area contributed by atoms with E-state index in [4.69, 9.17) is 0 Å². The maximum absolute atomic E-state index is 13.5. The lowest BCUT2D eigenvalue weighted by atomic mass is 10.2. The number of benzene rings is 1. The Labute approximate surface area is 136 Å². The molecule has 0 fully saturated rings. The van der Waals surface area contributed by atoms with Crippen molar-refractivity contribution in [3.8, 4) is 11.5 Å². The third-order valence-corrected chi connectivity index (χ3v) is 2.64. The Hall–Kier alpha value is -2.02. The van der Waals surface area contributed by atoms with Crippen molar-refractivity contribution in [2.75, 3.05) is 13.2 Å². The van der Waals surface area contributed by atoms with Crippen LogP contribution in [0.4, 0.5) is 52.7 Å². The summed E-state index contributed by atoms with van der Waals surface area (Å²) in [7, 11) is 0. The summed E-state index contributed by atoms with van der Waals surface area (Å²) in [5.74, 6) is -24.7. The SMILES string of the molecule is Fc1c(F)c(OCC(F)(F)C(F)F)c(F)c(F)c1OCC(F)(F)C(F)F. The van der Waals surface area contributed by atoms with Crippen LogP contribution in [0.5, 0.6) is 11.5 Å². The van der Waals surface area contributed by atoms with Crippen LogP contribution in [0.2, 0.25) is 0 Å². The summed E-state index contributed by atoms with van der Waals surface area (Å²) in [4.78, 5) is 0. The van der Waals surface area contributed by atoms with Gasteiger partial charge in [0.2, 0.25) is 23.3 Å². The molecule has 0 spiro atoms. The van der Waals surface area contributed by atoms with Crippen molar-refractivity contribution in [1.82, 2.24) is 0 Å².